The zero-order valence-corrected chi connectivity index (χ0v) is 14.5. The third-order valence-corrected chi connectivity index (χ3v) is 5.54. The molecule has 3 aromatic rings. The molecule has 0 atom stereocenters. The minimum absolute atomic E-state index is 0.765. The molecule has 4 rings (SSSR count). The predicted octanol–water partition coefficient (Wildman–Crippen LogP) is 5.11. The molecule has 1 aromatic carbocycles. The van der Waals surface area contributed by atoms with E-state index in [1.165, 1.54) is 27.3 Å². The Labute approximate surface area is 144 Å². The minimum Gasteiger partial charge on any atom is -0.493 e. The fourth-order valence-corrected chi connectivity index (χ4v) is 4.16. The van der Waals surface area contributed by atoms with E-state index >= 15 is 0 Å². The van der Waals surface area contributed by atoms with Crippen LogP contribution >= 0.6 is 22.9 Å². The molecule has 23 heavy (non-hydrogen) atoms. The smallest absolute Gasteiger partial charge is 0.161 e. The van der Waals surface area contributed by atoms with Crippen molar-refractivity contribution in [2.24, 2.45) is 0 Å². The van der Waals surface area contributed by atoms with Gasteiger partial charge in [-0.1, -0.05) is 11.6 Å². The van der Waals surface area contributed by atoms with Crippen LogP contribution in [0.1, 0.15) is 5.56 Å². The molecule has 3 nitrogen and oxygen atoms in total. The van der Waals surface area contributed by atoms with Crippen LogP contribution in [-0.2, 0) is 13.0 Å². The first-order chi connectivity index (χ1) is 11.2. The molecule has 5 heteroatoms. The van der Waals surface area contributed by atoms with Gasteiger partial charge >= 0.3 is 0 Å². The Hall–Kier alpha value is -1.91. The van der Waals surface area contributed by atoms with E-state index in [2.05, 4.69) is 35.0 Å². The Morgan fingerprint density at radius 1 is 1.09 bits per heavy atom. The molecule has 0 bridgehead atoms. The SMILES string of the molecule is COc1cc2c(cc1OC)-c1cc(-c3ccc(Cl)s3)cn1CC2. The number of hydrogen-bond acceptors (Lipinski definition) is 3. The van der Waals surface area contributed by atoms with Gasteiger partial charge in [-0.05, 0) is 42.3 Å². The summed E-state index contributed by atoms with van der Waals surface area (Å²) in [7, 11) is 3.35. The number of ether oxygens (including phenoxy) is 2. The van der Waals surface area contributed by atoms with Gasteiger partial charge in [-0.25, -0.2) is 0 Å². The lowest BCUT2D eigenvalue weighted by atomic mass is 9.97. The van der Waals surface area contributed by atoms with Crippen LogP contribution in [0.25, 0.3) is 21.7 Å². The Kier molecular flexibility index (Phi) is 3.58. The van der Waals surface area contributed by atoms with Crippen molar-refractivity contribution in [1.29, 1.82) is 0 Å². The van der Waals surface area contributed by atoms with E-state index in [-0.39, 0.29) is 0 Å². The number of aromatic nitrogens is 1. The standard InChI is InChI=1S/C18H16ClNO2S/c1-21-15-8-11-5-6-20-10-12(17-3-4-18(19)23-17)7-14(20)13(11)9-16(15)22-2/h3-4,7-10H,5-6H2,1-2H3. The molecular formula is C18H16ClNO2S. The van der Waals surface area contributed by atoms with Crippen molar-refractivity contribution < 1.29 is 9.47 Å². The van der Waals surface area contributed by atoms with E-state index in [1.807, 2.05) is 6.07 Å². The van der Waals surface area contributed by atoms with Gasteiger partial charge in [0.25, 0.3) is 0 Å². The van der Waals surface area contributed by atoms with Gasteiger partial charge in [0.05, 0.1) is 18.6 Å². The summed E-state index contributed by atoms with van der Waals surface area (Å²) < 4.78 is 14.0. The molecule has 0 amide bonds. The Bertz CT molecular complexity index is 881. The van der Waals surface area contributed by atoms with Gasteiger partial charge < -0.3 is 14.0 Å². The summed E-state index contributed by atoms with van der Waals surface area (Å²) >= 11 is 7.68. The molecule has 0 saturated heterocycles. The third kappa shape index (κ3) is 2.42. The van der Waals surface area contributed by atoms with Crippen LogP contribution in [-0.4, -0.2) is 18.8 Å². The lowest BCUT2D eigenvalue weighted by Crippen LogP contribution is -2.10. The summed E-state index contributed by atoms with van der Waals surface area (Å²) in [5.74, 6) is 1.55. The van der Waals surface area contributed by atoms with E-state index in [0.717, 1.165) is 28.8 Å². The zero-order valence-electron chi connectivity index (χ0n) is 12.9. The van der Waals surface area contributed by atoms with E-state index in [0.29, 0.717) is 0 Å². The van der Waals surface area contributed by atoms with Gasteiger partial charge in [-0.3, -0.25) is 0 Å². The van der Waals surface area contributed by atoms with Gasteiger partial charge in [0.2, 0.25) is 0 Å². The average Bonchev–Trinajstić information content (AvgIpc) is 3.19. The van der Waals surface area contributed by atoms with Crippen LogP contribution in [0.5, 0.6) is 11.5 Å². The highest BCUT2D eigenvalue weighted by Crippen LogP contribution is 2.41. The van der Waals surface area contributed by atoms with Crippen LogP contribution in [0, 0.1) is 0 Å². The molecule has 0 radical (unpaired) electrons. The molecule has 1 aliphatic heterocycles. The quantitative estimate of drug-likeness (QED) is 0.658. The summed E-state index contributed by atoms with van der Waals surface area (Å²) in [6.07, 6.45) is 3.19. The van der Waals surface area contributed by atoms with E-state index in [9.17, 15) is 0 Å². The maximum absolute atomic E-state index is 6.07. The first-order valence-electron chi connectivity index (χ1n) is 7.40. The summed E-state index contributed by atoms with van der Waals surface area (Å²) in [4.78, 5) is 1.19. The fraction of sp³-hybridized carbons (Fsp3) is 0.222. The summed E-state index contributed by atoms with van der Waals surface area (Å²) in [6.45, 7) is 0.969. The van der Waals surface area contributed by atoms with Crippen LogP contribution in [0.4, 0.5) is 0 Å². The van der Waals surface area contributed by atoms with Gasteiger partial charge in [0.15, 0.2) is 11.5 Å². The molecule has 0 fully saturated rings. The van der Waals surface area contributed by atoms with Crippen molar-refractivity contribution in [1.82, 2.24) is 4.57 Å². The molecule has 2 aromatic heterocycles. The second kappa shape index (κ2) is 5.62. The van der Waals surface area contributed by atoms with Gasteiger partial charge in [0, 0.05) is 34.4 Å². The maximum atomic E-state index is 6.07. The summed E-state index contributed by atoms with van der Waals surface area (Å²) in [6, 6.07) is 10.4. The number of nitrogens with zero attached hydrogens (tertiary/aromatic N) is 1. The van der Waals surface area contributed by atoms with Crippen molar-refractivity contribution in [3.05, 3.63) is 46.4 Å². The lowest BCUT2D eigenvalue weighted by molar-refractivity contribution is 0.354. The highest BCUT2D eigenvalue weighted by molar-refractivity contribution is 7.19. The third-order valence-electron chi connectivity index (χ3n) is 4.26. The minimum atomic E-state index is 0.765. The van der Waals surface area contributed by atoms with Crippen LogP contribution in [0.2, 0.25) is 4.34 Å². The number of aryl methyl sites for hydroxylation is 2. The number of hydrogen-bond donors (Lipinski definition) is 0. The normalized spacial score (nSPS) is 12.7. The molecule has 0 N–H and O–H groups in total. The fourth-order valence-electron chi connectivity index (χ4n) is 3.13. The highest BCUT2D eigenvalue weighted by Gasteiger charge is 2.21. The number of halogens is 1. The second-order valence-electron chi connectivity index (χ2n) is 5.53. The van der Waals surface area contributed by atoms with Crippen molar-refractivity contribution in [3.63, 3.8) is 0 Å². The van der Waals surface area contributed by atoms with E-state index in [4.69, 9.17) is 21.1 Å². The first kappa shape index (κ1) is 14.7. The van der Waals surface area contributed by atoms with Crippen LogP contribution in [0.3, 0.4) is 0 Å². The zero-order chi connectivity index (χ0) is 16.0. The van der Waals surface area contributed by atoms with E-state index in [1.54, 1.807) is 25.6 Å². The lowest BCUT2D eigenvalue weighted by Gasteiger charge is -2.21. The van der Waals surface area contributed by atoms with Crippen molar-refractivity contribution in [3.8, 4) is 33.2 Å². The van der Waals surface area contributed by atoms with Gasteiger partial charge in [0.1, 0.15) is 0 Å². The largest absolute Gasteiger partial charge is 0.493 e. The Morgan fingerprint density at radius 3 is 2.57 bits per heavy atom. The first-order valence-corrected chi connectivity index (χ1v) is 8.60. The molecule has 1 aliphatic rings. The topological polar surface area (TPSA) is 23.4 Å². The Morgan fingerprint density at radius 2 is 1.87 bits per heavy atom. The van der Waals surface area contributed by atoms with Gasteiger partial charge in [-0.15, -0.1) is 11.3 Å². The molecule has 0 spiro atoms. The molecular weight excluding hydrogens is 330 g/mol. The monoisotopic (exact) mass is 345 g/mol. The molecule has 3 heterocycles. The maximum Gasteiger partial charge on any atom is 0.161 e. The molecule has 118 valence electrons. The highest BCUT2D eigenvalue weighted by atomic mass is 35.5. The molecule has 0 unspecified atom stereocenters. The molecule has 0 saturated carbocycles. The van der Waals surface area contributed by atoms with Crippen LogP contribution in [0.15, 0.2) is 36.5 Å². The van der Waals surface area contributed by atoms with Crippen molar-refractivity contribution in [2.45, 2.75) is 13.0 Å². The van der Waals surface area contributed by atoms with Crippen molar-refractivity contribution in [2.75, 3.05) is 14.2 Å². The summed E-state index contributed by atoms with van der Waals surface area (Å²) in [5, 5.41) is 0. The number of fused-ring (bicyclic) bond motifs is 3. The molecule has 0 aliphatic carbocycles. The number of rotatable bonds is 3. The average molecular weight is 346 g/mol. The number of benzene rings is 1. The second-order valence-corrected chi connectivity index (χ2v) is 7.24. The van der Waals surface area contributed by atoms with E-state index < -0.39 is 0 Å². The number of thiophene rings is 1. The Balaban J connectivity index is 1.84. The van der Waals surface area contributed by atoms with Crippen LogP contribution < -0.4 is 9.47 Å². The summed E-state index contributed by atoms with van der Waals surface area (Å²) in [5.41, 5.74) is 4.93. The predicted molar refractivity (Wildman–Crippen MR) is 95.0 cm³/mol. The van der Waals surface area contributed by atoms with Gasteiger partial charge in [-0.2, -0.15) is 0 Å². The van der Waals surface area contributed by atoms with Crippen molar-refractivity contribution >= 4 is 22.9 Å². The number of methoxy groups -OCH3 is 2.